The zero-order valence-corrected chi connectivity index (χ0v) is 9.49. The molecule has 16 heavy (non-hydrogen) atoms. The summed E-state index contributed by atoms with van der Waals surface area (Å²) in [5.41, 5.74) is 0.729. The molecule has 0 fully saturated rings. The number of nitrogens with two attached hydrogens (primary N) is 1. The van der Waals surface area contributed by atoms with E-state index in [1.807, 2.05) is 0 Å². The van der Waals surface area contributed by atoms with Crippen molar-refractivity contribution < 1.29 is 8.49 Å². The molecule has 1 atom stereocenters. The first-order valence-electron chi connectivity index (χ1n) is 4.12. The molecule has 9 heteroatoms. The Bertz CT molecular complexity index is 561. The molecule has 1 aromatic heterocycles. The summed E-state index contributed by atoms with van der Waals surface area (Å²) in [6.45, 7) is 0. The van der Waals surface area contributed by atoms with Crippen LogP contribution in [-0.2, 0) is 15.4 Å². The molecule has 0 aliphatic rings. The van der Waals surface area contributed by atoms with Crippen LogP contribution in [0, 0.1) is 4.77 Å². The van der Waals surface area contributed by atoms with Gasteiger partial charge in [-0.3, -0.25) is 0 Å². The minimum absolute atomic E-state index is 0.309. The van der Waals surface area contributed by atoms with E-state index in [-0.39, 0.29) is 0 Å². The minimum atomic E-state index is -1.65. The number of tetrazole rings is 1. The van der Waals surface area contributed by atoms with E-state index in [1.165, 1.54) is 4.68 Å². The predicted octanol–water partition coefficient (Wildman–Crippen LogP) is 0.238. The van der Waals surface area contributed by atoms with Gasteiger partial charge in [0.1, 0.15) is 0 Å². The first kappa shape index (κ1) is 11.1. The summed E-state index contributed by atoms with van der Waals surface area (Å²) < 4.78 is 17.2. The van der Waals surface area contributed by atoms with Crippen LogP contribution in [-0.4, -0.2) is 24.4 Å². The van der Waals surface area contributed by atoms with E-state index in [9.17, 15) is 4.21 Å². The second-order valence-electron chi connectivity index (χ2n) is 2.74. The monoisotopic (exact) mass is 257 g/mol. The van der Waals surface area contributed by atoms with Crippen molar-refractivity contribution in [3.63, 3.8) is 0 Å². The fourth-order valence-corrected chi connectivity index (χ4v) is 1.78. The molecule has 1 unspecified atom stereocenters. The lowest BCUT2D eigenvalue weighted by atomic mass is 10.3. The number of aromatic nitrogens is 4. The average Bonchev–Trinajstić information content (AvgIpc) is 2.75. The smallest absolute Gasteiger partial charge is 0.223 e. The Morgan fingerprint density at radius 2 is 2.12 bits per heavy atom. The molecule has 2 rings (SSSR count). The third-order valence-corrected chi connectivity index (χ3v) is 2.94. The highest BCUT2D eigenvalue weighted by Crippen LogP contribution is 2.11. The molecule has 2 aromatic rings. The molecule has 3 N–H and O–H groups in total. The van der Waals surface area contributed by atoms with Crippen molar-refractivity contribution in [3.8, 4) is 5.69 Å². The van der Waals surface area contributed by atoms with E-state index in [1.54, 1.807) is 24.3 Å². The van der Waals surface area contributed by atoms with Crippen LogP contribution in [0.5, 0.6) is 0 Å². The van der Waals surface area contributed by atoms with Crippen molar-refractivity contribution in [1.82, 2.24) is 20.2 Å². The first-order chi connectivity index (χ1) is 7.72. The van der Waals surface area contributed by atoms with Gasteiger partial charge in [0.25, 0.3) is 0 Å². The van der Waals surface area contributed by atoms with Gasteiger partial charge in [0.15, 0.2) is 0 Å². The van der Waals surface area contributed by atoms with Crippen molar-refractivity contribution in [2.45, 2.75) is 4.90 Å². The molecule has 0 spiro atoms. The third kappa shape index (κ3) is 2.07. The zero-order chi connectivity index (χ0) is 11.5. The van der Waals surface area contributed by atoms with Gasteiger partial charge in [0, 0.05) is 0 Å². The molecular formula is C7H7N5O2S2. The molecule has 0 saturated carbocycles. The fourth-order valence-electron chi connectivity index (χ4n) is 1.13. The van der Waals surface area contributed by atoms with E-state index in [4.69, 9.17) is 18.1 Å². The zero-order valence-electron chi connectivity index (χ0n) is 7.86. The normalized spacial score (nSPS) is 12.6. The van der Waals surface area contributed by atoms with Crippen molar-refractivity contribution in [2.75, 3.05) is 0 Å². The molecule has 0 amide bonds. The maximum Gasteiger partial charge on any atom is 0.242 e. The quantitative estimate of drug-likeness (QED) is 0.603. The number of aromatic amines is 1. The van der Waals surface area contributed by atoms with Gasteiger partial charge in [-0.1, -0.05) is 10.3 Å². The second kappa shape index (κ2) is 4.61. The molecular weight excluding hydrogens is 250 g/mol. The summed E-state index contributed by atoms with van der Waals surface area (Å²) in [4.78, 5) is 0.463. The van der Waals surface area contributed by atoms with Crippen LogP contribution in [0.3, 0.4) is 0 Å². The minimum Gasteiger partial charge on any atom is -0.223 e. The molecule has 1 heterocycles. The van der Waals surface area contributed by atoms with Gasteiger partial charge in [-0.15, -0.1) is 0 Å². The number of benzene rings is 1. The summed E-state index contributed by atoms with van der Waals surface area (Å²) in [5, 5.41) is 9.79. The highest BCUT2D eigenvalue weighted by atomic mass is 32.2. The standard InChI is InChI=1S/C7H7N5O2S2/c8-14-16(13)6-3-1-5(2-4-6)12-7(15)9-10-11-12/h1-4H,8H2,(H,9,11,15). The van der Waals surface area contributed by atoms with Gasteiger partial charge in [-0.05, 0) is 36.5 Å². The van der Waals surface area contributed by atoms with Crippen molar-refractivity contribution in [2.24, 2.45) is 5.90 Å². The van der Waals surface area contributed by atoms with Gasteiger partial charge in [0.2, 0.25) is 15.9 Å². The van der Waals surface area contributed by atoms with Crippen molar-refractivity contribution in [1.29, 1.82) is 0 Å². The molecule has 0 aliphatic heterocycles. The highest BCUT2D eigenvalue weighted by Gasteiger charge is 2.04. The third-order valence-electron chi connectivity index (χ3n) is 1.85. The van der Waals surface area contributed by atoms with Crippen LogP contribution in [0.4, 0.5) is 0 Å². The van der Waals surface area contributed by atoms with Crippen molar-refractivity contribution in [3.05, 3.63) is 29.0 Å². The number of hydrogen-bond donors (Lipinski definition) is 2. The van der Waals surface area contributed by atoms with Crippen LogP contribution >= 0.6 is 12.2 Å². The largest absolute Gasteiger partial charge is 0.242 e. The van der Waals surface area contributed by atoms with Gasteiger partial charge in [-0.2, -0.15) is 15.4 Å². The Kier molecular flexibility index (Phi) is 3.19. The average molecular weight is 257 g/mol. The molecule has 0 aliphatic carbocycles. The number of rotatable bonds is 3. The number of hydrogen-bond acceptors (Lipinski definition) is 6. The topological polar surface area (TPSA) is 98.8 Å². The summed E-state index contributed by atoms with van der Waals surface area (Å²) in [6.07, 6.45) is 0. The molecule has 0 saturated heterocycles. The molecule has 0 bridgehead atoms. The lowest BCUT2D eigenvalue weighted by molar-refractivity contribution is 0.367. The van der Waals surface area contributed by atoms with Crippen LogP contribution in [0.1, 0.15) is 0 Å². The molecule has 0 radical (unpaired) electrons. The Balaban J connectivity index is 2.37. The van der Waals surface area contributed by atoms with Crippen LogP contribution in [0.25, 0.3) is 5.69 Å². The SMILES string of the molecule is NOS(=O)c1ccc(-n2[nH]nnc2=S)cc1. The number of H-pyrrole nitrogens is 1. The van der Waals surface area contributed by atoms with Crippen molar-refractivity contribution >= 4 is 23.3 Å². The first-order valence-corrected chi connectivity index (χ1v) is 5.60. The van der Waals surface area contributed by atoms with E-state index in [0.717, 1.165) is 5.69 Å². The molecule has 7 nitrogen and oxygen atoms in total. The van der Waals surface area contributed by atoms with Crippen LogP contribution in [0.2, 0.25) is 0 Å². The Labute approximate surface area is 97.8 Å². The van der Waals surface area contributed by atoms with E-state index < -0.39 is 11.1 Å². The van der Waals surface area contributed by atoms with Crippen LogP contribution in [0.15, 0.2) is 29.2 Å². The summed E-state index contributed by atoms with van der Waals surface area (Å²) >= 11 is 3.28. The Morgan fingerprint density at radius 1 is 1.44 bits per heavy atom. The summed E-state index contributed by atoms with van der Waals surface area (Å²) in [7, 11) is 0. The predicted molar refractivity (Wildman–Crippen MR) is 58.2 cm³/mol. The maximum absolute atomic E-state index is 11.2. The second-order valence-corrected chi connectivity index (χ2v) is 4.24. The fraction of sp³-hybridized carbons (Fsp3) is 0. The van der Waals surface area contributed by atoms with E-state index >= 15 is 0 Å². The summed E-state index contributed by atoms with van der Waals surface area (Å²) in [5.74, 6) is 4.81. The number of nitrogens with one attached hydrogen (secondary N) is 1. The van der Waals surface area contributed by atoms with Crippen LogP contribution < -0.4 is 5.90 Å². The molecule has 1 aromatic carbocycles. The highest BCUT2D eigenvalue weighted by molar-refractivity contribution is 7.80. The van der Waals surface area contributed by atoms with E-state index in [0.29, 0.717) is 9.67 Å². The Hall–Kier alpha value is -1.42. The van der Waals surface area contributed by atoms with Gasteiger partial charge < -0.3 is 0 Å². The van der Waals surface area contributed by atoms with Gasteiger partial charge in [-0.25, -0.2) is 8.89 Å². The van der Waals surface area contributed by atoms with Gasteiger partial charge in [0.05, 0.1) is 10.6 Å². The summed E-state index contributed by atoms with van der Waals surface area (Å²) in [6, 6.07) is 6.62. The Morgan fingerprint density at radius 3 is 2.62 bits per heavy atom. The lowest BCUT2D eigenvalue weighted by Crippen LogP contribution is -2.04. The molecule has 84 valence electrons. The number of nitrogens with zero attached hydrogens (tertiary/aromatic N) is 3. The maximum atomic E-state index is 11.2. The van der Waals surface area contributed by atoms with Gasteiger partial charge >= 0.3 is 0 Å². The lowest BCUT2D eigenvalue weighted by Gasteiger charge is -2.01. The van der Waals surface area contributed by atoms with E-state index in [2.05, 4.69) is 19.8 Å².